The van der Waals surface area contributed by atoms with E-state index >= 15 is 0 Å². The van der Waals surface area contributed by atoms with Crippen LogP contribution in [0.4, 0.5) is 0 Å². The number of fused-ring (bicyclic) bond motifs is 5. The number of hydrogen-bond donors (Lipinski definition) is 4. The molecule has 4 aliphatic carbocycles. The molecule has 0 aromatic rings. The molecular formula is C24H42O4. The van der Waals surface area contributed by atoms with Gasteiger partial charge in [0.2, 0.25) is 0 Å². The molecule has 0 spiro atoms. The van der Waals surface area contributed by atoms with Gasteiger partial charge in [0.25, 0.3) is 0 Å². The number of aliphatic hydroxyl groups is 4. The molecule has 11 atom stereocenters. The van der Waals surface area contributed by atoms with Crippen molar-refractivity contribution in [2.24, 2.45) is 46.3 Å². The largest absolute Gasteiger partial charge is 0.396 e. The summed E-state index contributed by atoms with van der Waals surface area (Å²) in [6.45, 7) is 7.03. The highest BCUT2D eigenvalue weighted by molar-refractivity contribution is 5.15. The maximum absolute atomic E-state index is 11.5. The van der Waals surface area contributed by atoms with Crippen molar-refractivity contribution in [3.05, 3.63) is 0 Å². The third kappa shape index (κ3) is 2.85. The minimum Gasteiger partial charge on any atom is -0.396 e. The van der Waals surface area contributed by atoms with E-state index in [1.54, 1.807) is 0 Å². The van der Waals surface area contributed by atoms with Crippen molar-refractivity contribution in [3.63, 3.8) is 0 Å². The van der Waals surface area contributed by atoms with E-state index in [1.165, 1.54) is 12.8 Å². The van der Waals surface area contributed by atoms with Crippen molar-refractivity contribution in [2.75, 3.05) is 6.61 Å². The fourth-order valence-electron chi connectivity index (χ4n) is 8.91. The zero-order valence-corrected chi connectivity index (χ0v) is 18.1. The van der Waals surface area contributed by atoms with E-state index in [0.29, 0.717) is 37.0 Å². The van der Waals surface area contributed by atoms with Crippen molar-refractivity contribution in [1.29, 1.82) is 0 Å². The van der Waals surface area contributed by atoms with Gasteiger partial charge in [-0.15, -0.1) is 0 Å². The molecule has 4 N–H and O–H groups in total. The first kappa shape index (κ1) is 21.1. The summed E-state index contributed by atoms with van der Waals surface area (Å²) in [5.41, 5.74) is -0.340. The molecule has 0 unspecified atom stereocenters. The second-order valence-electron chi connectivity index (χ2n) is 11.2. The third-order valence-corrected chi connectivity index (χ3v) is 10.3. The molecule has 162 valence electrons. The molecule has 0 saturated heterocycles. The summed E-state index contributed by atoms with van der Waals surface area (Å²) in [5, 5.41) is 43.5. The molecule has 0 aliphatic heterocycles. The summed E-state index contributed by atoms with van der Waals surface area (Å²) >= 11 is 0. The minimum atomic E-state index is -0.364. The summed E-state index contributed by atoms with van der Waals surface area (Å²) in [5.74, 6) is 2.01. The molecule has 4 saturated carbocycles. The van der Waals surface area contributed by atoms with Gasteiger partial charge in [0.05, 0.1) is 18.3 Å². The van der Waals surface area contributed by atoms with Crippen LogP contribution in [0.15, 0.2) is 0 Å². The van der Waals surface area contributed by atoms with Crippen LogP contribution in [0.3, 0.4) is 0 Å². The van der Waals surface area contributed by atoms with Crippen molar-refractivity contribution >= 4 is 0 Å². The predicted octanol–water partition coefficient (Wildman–Crippen LogP) is 3.36. The Hall–Kier alpha value is -0.160. The molecule has 4 nitrogen and oxygen atoms in total. The molecule has 4 rings (SSSR count). The highest BCUT2D eigenvalue weighted by atomic mass is 16.3. The summed E-state index contributed by atoms with van der Waals surface area (Å²) in [4.78, 5) is 0. The van der Waals surface area contributed by atoms with Crippen LogP contribution in [0.25, 0.3) is 0 Å². The van der Waals surface area contributed by atoms with Crippen LogP contribution in [0, 0.1) is 46.3 Å². The summed E-state index contributed by atoms with van der Waals surface area (Å²) < 4.78 is 0. The molecule has 4 aliphatic rings. The van der Waals surface area contributed by atoms with Gasteiger partial charge >= 0.3 is 0 Å². The lowest BCUT2D eigenvalue weighted by Gasteiger charge is -2.64. The summed E-state index contributed by atoms with van der Waals surface area (Å²) in [7, 11) is 0. The Bertz CT molecular complexity index is 567. The Morgan fingerprint density at radius 2 is 1.75 bits per heavy atom. The quantitative estimate of drug-likeness (QED) is 0.589. The van der Waals surface area contributed by atoms with Crippen LogP contribution in [-0.2, 0) is 0 Å². The van der Waals surface area contributed by atoms with Crippen LogP contribution >= 0.6 is 0 Å². The molecule has 0 amide bonds. The third-order valence-electron chi connectivity index (χ3n) is 10.3. The SMILES string of the molecule is CCC[C@@H](C)[C@H]1CC[C@H]2[C@@H]3[C@H](O)C[C@@H]4C[C@H](O)CC[C@]4(CO)[C@H]3C[C@H](O)[C@]12C. The van der Waals surface area contributed by atoms with Gasteiger partial charge in [-0.2, -0.15) is 0 Å². The average molecular weight is 395 g/mol. The second-order valence-corrected chi connectivity index (χ2v) is 11.2. The van der Waals surface area contributed by atoms with Gasteiger partial charge in [0.1, 0.15) is 0 Å². The Morgan fingerprint density at radius 1 is 1.00 bits per heavy atom. The van der Waals surface area contributed by atoms with Crippen LogP contribution in [0.1, 0.15) is 78.6 Å². The monoisotopic (exact) mass is 394 g/mol. The topological polar surface area (TPSA) is 80.9 Å². The maximum atomic E-state index is 11.5. The lowest BCUT2D eigenvalue weighted by atomic mass is 9.42. The minimum absolute atomic E-state index is 0.117. The molecule has 0 aromatic heterocycles. The van der Waals surface area contributed by atoms with E-state index < -0.39 is 0 Å². The molecule has 0 heterocycles. The number of aliphatic hydroxyl groups excluding tert-OH is 4. The summed E-state index contributed by atoms with van der Waals surface area (Å²) in [6.07, 6.45) is 7.28. The Labute approximate surface area is 170 Å². The molecule has 4 fully saturated rings. The van der Waals surface area contributed by atoms with Crippen LogP contribution in [0.5, 0.6) is 0 Å². The fourth-order valence-corrected chi connectivity index (χ4v) is 8.91. The second kappa shape index (κ2) is 7.51. The molecular weight excluding hydrogens is 352 g/mol. The molecule has 4 heteroatoms. The predicted molar refractivity (Wildman–Crippen MR) is 109 cm³/mol. The standard InChI is InChI=1S/C24H42O4/c1-4-5-14(2)17-6-7-18-22-19(12-21(28)23(17,18)3)24(13-25)9-8-16(26)10-15(24)11-20(22)27/h14-22,25-28H,4-13H2,1-3H3/t14-,15+,16-,17-,18+,19+,20-,21+,22+,23-,24-/m1/s1. The first-order valence-corrected chi connectivity index (χ1v) is 11.9. The zero-order valence-electron chi connectivity index (χ0n) is 18.1. The lowest BCUT2D eigenvalue weighted by molar-refractivity contribution is -0.220. The zero-order chi connectivity index (χ0) is 20.3. The van der Waals surface area contributed by atoms with Gasteiger partial charge in [0, 0.05) is 6.61 Å². The van der Waals surface area contributed by atoms with Crippen LogP contribution in [-0.4, -0.2) is 45.3 Å². The smallest absolute Gasteiger partial charge is 0.0602 e. The van der Waals surface area contributed by atoms with Gasteiger partial charge in [-0.25, -0.2) is 0 Å². The van der Waals surface area contributed by atoms with Crippen molar-refractivity contribution in [1.82, 2.24) is 0 Å². The Kier molecular flexibility index (Phi) is 5.66. The maximum Gasteiger partial charge on any atom is 0.0602 e. The van der Waals surface area contributed by atoms with E-state index in [2.05, 4.69) is 20.8 Å². The normalized spacial score (nSPS) is 54.5. The molecule has 0 bridgehead atoms. The van der Waals surface area contributed by atoms with Crippen molar-refractivity contribution < 1.29 is 20.4 Å². The highest BCUT2D eigenvalue weighted by Crippen LogP contribution is 2.68. The van der Waals surface area contributed by atoms with E-state index in [9.17, 15) is 20.4 Å². The first-order chi connectivity index (χ1) is 13.3. The van der Waals surface area contributed by atoms with Gasteiger partial charge in [-0.1, -0.05) is 33.6 Å². The number of rotatable bonds is 4. The highest BCUT2D eigenvalue weighted by Gasteiger charge is 2.66. The van der Waals surface area contributed by atoms with Crippen LogP contribution in [0.2, 0.25) is 0 Å². The van der Waals surface area contributed by atoms with Crippen molar-refractivity contribution in [2.45, 2.75) is 96.9 Å². The van der Waals surface area contributed by atoms with Gasteiger partial charge in [-0.3, -0.25) is 0 Å². The fraction of sp³-hybridized carbons (Fsp3) is 1.00. The molecule has 0 radical (unpaired) electrons. The van der Waals surface area contributed by atoms with E-state index in [-0.39, 0.29) is 53.5 Å². The Balaban J connectivity index is 1.68. The lowest BCUT2D eigenvalue weighted by Crippen LogP contribution is -2.64. The van der Waals surface area contributed by atoms with E-state index in [0.717, 1.165) is 25.7 Å². The van der Waals surface area contributed by atoms with Gasteiger partial charge in [-0.05, 0) is 91.3 Å². The first-order valence-electron chi connectivity index (χ1n) is 11.9. The average Bonchev–Trinajstić information content (AvgIpc) is 3.01. The number of hydrogen-bond acceptors (Lipinski definition) is 4. The van der Waals surface area contributed by atoms with Crippen LogP contribution < -0.4 is 0 Å². The van der Waals surface area contributed by atoms with E-state index in [1.807, 2.05) is 0 Å². The molecule has 28 heavy (non-hydrogen) atoms. The Morgan fingerprint density at radius 3 is 2.43 bits per heavy atom. The van der Waals surface area contributed by atoms with Gasteiger partial charge in [0.15, 0.2) is 0 Å². The summed E-state index contributed by atoms with van der Waals surface area (Å²) in [6, 6.07) is 0. The van der Waals surface area contributed by atoms with Gasteiger partial charge < -0.3 is 20.4 Å². The molecule has 0 aromatic carbocycles. The van der Waals surface area contributed by atoms with E-state index in [4.69, 9.17) is 0 Å². The van der Waals surface area contributed by atoms with Crippen molar-refractivity contribution in [3.8, 4) is 0 Å².